The molecule has 0 aromatic heterocycles. The van der Waals surface area contributed by atoms with Gasteiger partial charge in [0, 0.05) is 11.6 Å². The lowest BCUT2D eigenvalue weighted by molar-refractivity contribution is 0.415. The molecular weight excluding hydrogens is 136 g/mol. The minimum absolute atomic E-state index is 0.0181. The van der Waals surface area contributed by atoms with Gasteiger partial charge in [0.05, 0.1) is 0 Å². The molecule has 1 unspecified atom stereocenters. The minimum atomic E-state index is 0.0181. The molecule has 0 amide bonds. The highest BCUT2D eigenvalue weighted by Gasteiger charge is 2.17. The van der Waals surface area contributed by atoms with E-state index in [-0.39, 0.29) is 5.54 Å². The van der Waals surface area contributed by atoms with Crippen molar-refractivity contribution in [2.24, 2.45) is 5.73 Å². The maximum Gasteiger partial charge on any atom is 0.00976 e. The summed E-state index contributed by atoms with van der Waals surface area (Å²) in [6.45, 7) is 5.40. The van der Waals surface area contributed by atoms with Crippen LogP contribution in [-0.2, 0) is 0 Å². The molecule has 0 radical (unpaired) electrons. The van der Waals surface area contributed by atoms with E-state index >= 15 is 0 Å². The molecule has 1 aliphatic heterocycles. The van der Waals surface area contributed by atoms with Gasteiger partial charge in [-0.05, 0) is 46.1 Å². The van der Waals surface area contributed by atoms with E-state index in [9.17, 15) is 0 Å². The first-order valence-corrected chi connectivity index (χ1v) is 4.60. The van der Waals surface area contributed by atoms with E-state index in [0.29, 0.717) is 0 Å². The van der Waals surface area contributed by atoms with E-state index in [2.05, 4.69) is 19.2 Å². The molecule has 1 saturated heterocycles. The smallest absolute Gasteiger partial charge is 0.00976 e. The van der Waals surface area contributed by atoms with Crippen molar-refractivity contribution in [3.8, 4) is 0 Å². The average molecular weight is 156 g/mol. The first-order valence-electron chi connectivity index (χ1n) is 4.60. The Kier molecular flexibility index (Phi) is 2.90. The zero-order valence-electron chi connectivity index (χ0n) is 7.69. The Hall–Kier alpha value is -0.0800. The Morgan fingerprint density at radius 3 is 2.73 bits per heavy atom. The quantitative estimate of drug-likeness (QED) is 0.645. The topological polar surface area (TPSA) is 38.0 Å². The normalized spacial score (nSPS) is 25.9. The van der Waals surface area contributed by atoms with Crippen molar-refractivity contribution in [3.63, 3.8) is 0 Å². The van der Waals surface area contributed by atoms with Crippen molar-refractivity contribution < 1.29 is 0 Å². The highest BCUT2D eigenvalue weighted by Crippen LogP contribution is 2.15. The summed E-state index contributed by atoms with van der Waals surface area (Å²) in [5, 5.41) is 3.47. The molecule has 0 aliphatic carbocycles. The van der Waals surface area contributed by atoms with Gasteiger partial charge < -0.3 is 11.1 Å². The highest BCUT2D eigenvalue weighted by molar-refractivity contribution is 4.79. The zero-order valence-corrected chi connectivity index (χ0v) is 7.69. The average Bonchev–Trinajstić information content (AvgIpc) is 2.32. The van der Waals surface area contributed by atoms with Gasteiger partial charge in [-0.15, -0.1) is 0 Å². The summed E-state index contributed by atoms with van der Waals surface area (Å²) in [4.78, 5) is 0. The first-order chi connectivity index (χ1) is 5.08. The number of hydrogen-bond acceptors (Lipinski definition) is 2. The van der Waals surface area contributed by atoms with Crippen molar-refractivity contribution in [1.82, 2.24) is 5.32 Å². The molecule has 1 rings (SSSR count). The Bertz CT molecular complexity index is 109. The van der Waals surface area contributed by atoms with Crippen LogP contribution in [0.15, 0.2) is 0 Å². The van der Waals surface area contributed by atoms with Crippen LogP contribution < -0.4 is 11.1 Å². The van der Waals surface area contributed by atoms with E-state index < -0.39 is 0 Å². The first kappa shape index (κ1) is 9.01. The molecule has 0 saturated carbocycles. The van der Waals surface area contributed by atoms with Gasteiger partial charge in [0.1, 0.15) is 0 Å². The fourth-order valence-electron chi connectivity index (χ4n) is 1.55. The van der Waals surface area contributed by atoms with Crippen LogP contribution >= 0.6 is 0 Å². The Balaban J connectivity index is 2.11. The molecule has 66 valence electrons. The van der Waals surface area contributed by atoms with E-state index in [0.717, 1.165) is 12.5 Å². The van der Waals surface area contributed by atoms with Gasteiger partial charge >= 0.3 is 0 Å². The number of nitrogens with two attached hydrogens (primary N) is 1. The lowest BCUT2D eigenvalue weighted by Gasteiger charge is -2.20. The van der Waals surface area contributed by atoms with E-state index in [1.165, 1.54) is 25.8 Å². The van der Waals surface area contributed by atoms with Gasteiger partial charge in [-0.25, -0.2) is 0 Å². The molecular formula is C9H20N2. The van der Waals surface area contributed by atoms with Crippen LogP contribution in [0.2, 0.25) is 0 Å². The van der Waals surface area contributed by atoms with Crippen LogP contribution in [0.5, 0.6) is 0 Å². The third kappa shape index (κ3) is 3.73. The van der Waals surface area contributed by atoms with Crippen molar-refractivity contribution in [3.05, 3.63) is 0 Å². The third-order valence-corrected chi connectivity index (χ3v) is 2.30. The molecule has 0 bridgehead atoms. The molecule has 1 fully saturated rings. The van der Waals surface area contributed by atoms with Crippen molar-refractivity contribution in [2.75, 3.05) is 6.54 Å². The molecule has 0 aromatic carbocycles. The summed E-state index contributed by atoms with van der Waals surface area (Å²) in [7, 11) is 0. The van der Waals surface area contributed by atoms with E-state index in [4.69, 9.17) is 5.73 Å². The van der Waals surface area contributed by atoms with Crippen molar-refractivity contribution in [2.45, 2.75) is 51.1 Å². The van der Waals surface area contributed by atoms with Gasteiger partial charge in [0.2, 0.25) is 0 Å². The highest BCUT2D eigenvalue weighted by atomic mass is 14.9. The van der Waals surface area contributed by atoms with Crippen LogP contribution in [0, 0.1) is 0 Å². The fourth-order valence-corrected chi connectivity index (χ4v) is 1.55. The fraction of sp³-hybridized carbons (Fsp3) is 1.00. The molecule has 3 N–H and O–H groups in total. The second-order valence-electron chi connectivity index (χ2n) is 4.32. The van der Waals surface area contributed by atoms with Gasteiger partial charge in [0.25, 0.3) is 0 Å². The third-order valence-electron chi connectivity index (χ3n) is 2.30. The molecule has 2 nitrogen and oxygen atoms in total. The Labute approximate surface area is 69.5 Å². The van der Waals surface area contributed by atoms with Crippen LogP contribution in [0.1, 0.15) is 39.5 Å². The Morgan fingerprint density at radius 1 is 1.55 bits per heavy atom. The minimum Gasteiger partial charge on any atom is -0.326 e. The predicted molar refractivity (Wildman–Crippen MR) is 48.5 cm³/mol. The predicted octanol–water partition coefficient (Wildman–Crippen LogP) is 1.26. The summed E-state index contributed by atoms with van der Waals surface area (Å²) in [5.41, 5.74) is 5.90. The maximum atomic E-state index is 5.89. The van der Waals surface area contributed by atoms with E-state index in [1.807, 2.05) is 0 Å². The lowest BCUT2D eigenvalue weighted by atomic mass is 9.96. The number of nitrogens with one attached hydrogen (secondary N) is 1. The largest absolute Gasteiger partial charge is 0.326 e. The number of rotatable bonds is 3. The Morgan fingerprint density at radius 2 is 2.27 bits per heavy atom. The molecule has 1 heterocycles. The molecule has 0 spiro atoms. The van der Waals surface area contributed by atoms with E-state index in [1.54, 1.807) is 0 Å². The standard InChI is InChI=1S/C9H20N2/c1-9(2,10)6-5-8-4-3-7-11-8/h8,11H,3-7,10H2,1-2H3. The molecule has 1 aliphatic rings. The van der Waals surface area contributed by atoms with Gasteiger partial charge in [-0.2, -0.15) is 0 Å². The monoisotopic (exact) mass is 156 g/mol. The second kappa shape index (κ2) is 3.55. The van der Waals surface area contributed by atoms with Crippen LogP contribution in [0.4, 0.5) is 0 Å². The molecule has 0 aromatic rings. The second-order valence-corrected chi connectivity index (χ2v) is 4.32. The van der Waals surface area contributed by atoms with Crippen molar-refractivity contribution in [1.29, 1.82) is 0 Å². The van der Waals surface area contributed by atoms with Crippen LogP contribution in [-0.4, -0.2) is 18.1 Å². The molecule has 1 atom stereocenters. The summed E-state index contributed by atoms with van der Waals surface area (Å²) >= 11 is 0. The van der Waals surface area contributed by atoms with Gasteiger partial charge in [-0.1, -0.05) is 0 Å². The number of hydrogen-bond donors (Lipinski definition) is 2. The SMILES string of the molecule is CC(C)(N)CCC1CCCN1. The lowest BCUT2D eigenvalue weighted by Crippen LogP contribution is -2.34. The maximum absolute atomic E-state index is 5.89. The van der Waals surface area contributed by atoms with Gasteiger partial charge in [-0.3, -0.25) is 0 Å². The van der Waals surface area contributed by atoms with Gasteiger partial charge in [0.15, 0.2) is 0 Å². The molecule has 2 heteroatoms. The van der Waals surface area contributed by atoms with Crippen LogP contribution in [0.25, 0.3) is 0 Å². The summed E-state index contributed by atoms with van der Waals surface area (Å²) in [5.74, 6) is 0. The van der Waals surface area contributed by atoms with Crippen LogP contribution in [0.3, 0.4) is 0 Å². The summed E-state index contributed by atoms with van der Waals surface area (Å²) < 4.78 is 0. The summed E-state index contributed by atoms with van der Waals surface area (Å²) in [6, 6.07) is 0.748. The van der Waals surface area contributed by atoms with Crippen molar-refractivity contribution >= 4 is 0 Å². The summed E-state index contributed by atoms with van der Waals surface area (Å²) in [6.07, 6.45) is 5.06. The molecule has 11 heavy (non-hydrogen) atoms. The zero-order chi connectivity index (χ0) is 8.32.